The normalized spacial score (nSPS) is 10.8. The zero-order chi connectivity index (χ0) is 13.1. The Kier molecular flexibility index (Phi) is 3.65. The highest BCUT2D eigenvalue weighted by molar-refractivity contribution is 5.81. The van der Waals surface area contributed by atoms with Gasteiger partial charge in [-0.15, -0.1) is 0 Å². The third-order valence-corrected chi connectivity index (χ3v) is 3.12. The second-order valence-corrected chi connectivity index (χ2v) is 4.65. The number of aromatic nitrogens is 2. The van der Waals surface area contributed by atoms with Gasteiger partial charge in [-0.05, 0) is 43.5 Å². The number of amides is 1. The monoisotopic (exact) mass is 245 g/mol. The van der Waals surface area contributed by atoms with E-state index < -0.39 is 0 Å². The maximum Gasteiger partial charge on any atom is 0.239 e. The molecule has 4 heteroatoms. The first kappa shape index (κ1) is 12.6. The van der Waals surface area contributed by atoms with Gasteiger partial charge in [0.2, 0.25) is 5.91 Å². The number of fused-ring (bicyclic) bond motifs is 1. The molecule has 0 aliphatic heterocycles. The zero-order valence-corrected chi connectivity index (χ0v) is 11.2. The minimum atomic E-state index is 0.0365. The smallest absolute Gasteiger partial charge is 0.239 e. The van der Waals surface area contributed by atoms with Crippen LogP contribution in [0.15, 0.2) is 18.5 Å². The molecule has 0 aliphatic carbocycles. The topological polar surface area (TPSA) is 46.9 Å². The molecule has 0 fully saturated rings. The van der Waals surface area contributed by atoms with Gasteiger partial charge in [0, 0.05) is 6.54 Å². The number of aryl methyl sites for hydroxylation is 2. The molecule has 0 bridgehead atoms. The van der Waals surface area contributed by atoms with Crippen LogP contribution in [-0.2, 0) is 11.3 Å². The predicted octanol–water partition coefficient (Wildman–Crippen LogP) is 2.18. The van der Waals surface area contributed by atoms with Crippen molar-refractivity contribution < 1.29 is 4.79 Å². The Hall–Kier alpha value is -1.84. The first-order valence-electron chi connectivity index (χ1n) is 6.30. The molecule has 1 aromatic heterocycles. The third-order valence-electron chi connectivity index (χ3n) is 3.12. The van der Waals surface area contributed by atoms with Crippen molar-refractivity contribution in [3.05, 3.63) is 29.6 Å². The fraction of sp³-hybridized carbons (Fsp3) is 0.429. The van der Waals surface area contributed by atoms with Crippen molar-refractivity contribution in [2.45, 2.75) is 33.7 Å². The van der Waals surface area contributed by atoms with E-state index in [4.69, 9.17) is 0 Å². The molecule has 0 radical (unpaired) electrons. The molecule has 18 heavy (non-hydrogen) atoms. The lowest BCUT2D eigenvalue weighted by Gasteiger charge is -2.06. The van der Waals surface area contributed by atoms with Crippen LogP contribution in [0.3, 0.4) is 0 Å². The number of nitrogens with zero attached hydrogens (tertiary/aromatic N) is 2. The molecule has 0 unspecified atom stereocenters. The summed E-state index contributed by atoms with van der Waals surface area (Å²) < 4.78 is 1.90. The molecule has 96 valence electrons. The number of carbonyl (C=O) groups excluding carboxylic acids is 1. The van der Waals surface area contributed by atoms with Crippen LogP contribution in [-0.4, -0.2) is 22.0 Å². The Morgan fingerprint density at radius 1 is 1.33 bits per heavy atom. The summed E-state index contributed by atoms with van der Waals surface area (Å²) in [7, 11) is 0. The largest absolute Gasteiger partial charge is 0.355 e. The van der Waals surface area contributed by atoms with Gasteiger partial charge in [0.05, 0.1) is 17.4 Å². The number of nitrogens with one attached hydrogen (secondary N) is 1. The molecule has 0 aliphatic rings. The molecule has 2 rings (SSSR count). The van der Waals surface area contributed by atoms with E-state index in [0.717, 1.165) is 24.0 Å². The number of benzene rings is 1. The summed E-state index contributed by atoms with van der Waals surface area (Å²) >= 11 is 0. The van der Waals surface area contributed by atoms with E-state index in [-0.39, 0.29) is 5.91 Å². The number of hydrogen-bond acceptors (Lipinski definition) is 2. The number of carbonyl (C=O) groups is 1. The molecule has 0 saturated heterocycles. The molecule has 4 nitrogen and oxygen atoms in total. The van der Waals surface area contributed by atoms with Gasteiger partial charge >= 0.3 is 0 Å². The first-order valence-corrected chi connectivity index (χ1v) is 6.30. The van der Waals surface area contributed by atoms with Crippen molar-refractivity contribution in [1.29, 1.82) is 0 Å². The van der Waals surface area contributed by atoms with Gasteiger partial charge in [-0.2, -0.15) is 0 Å². The molecule has 1 aromatic carbocycles. The summed E-state index contributed by atoms with van der Waals surface area (Å²) in [6.07, 6.45) is 2.68. The standard InChI is InChI=1S/C14H19N3O/c1-4-5-15-14(18)8-17-9-16-12-6-10(2)11(3)7-13(12)17/h6-7,9H,4-5,8H2,1-3H3,(H,15,18). The maximum atomic E-state index is 11.7. The Balaban J connectivity index is 2.24. The first-order chi connectivity index (χ1) is 8.61. The zero-order valence-electron chi connectivity index (χ0n) is 11.2. The quantitative estimate of drug-likeness (QED) is 0.897. The van der Waals surface area contributed by atoms with Crippen LogP contribution < -0.4 is 5.32 Å². The molecule has 1 amide bonds. The number of rotatable bonds is 4. The second kappa shape index (κ2) is 5.21. The highest BCUT2D eigenvalue weighted by Gasteiger charge is 2.08. The average Bonchev–Trinajstić information content (AvgIpc) is 2.70. The van der Waals surface area contributed by atoms with Crippen molar-refractivity contribution >= 4 is 16.9 Å². The Bertz CT molecular complexity index is 572. The van der Waals surface area contributed by atoms with Crippen LogP contribution in [0.5, 0.6) is 0 Å². The van der Waals surface area contributed by atoms with Crippen LogP contribution >= 0.6 is 0 Å². The minimum absolute atomic E-state index is 0.0365. The number of hydrogen-bond donors (Lipinski definition) is 1. The van der Waals surface area contributed by atoms with E-state index in [1.807, 2.05) is 11.5 Å². The Labute approximate surface area is 107 Å². The van der Waals surface area contributed by atoms with Gasteiger partial charge in [0.25, 0.3) is 0 Å². The average molecular weight is 245 g/mol. The molecule has 0 atom stereocenters. The molecule has 0 spiro atoms. The van der Waals surface area contributed by atoms with Gasteiger partial charge in [-0.1, -0.05) is 6.92 Å². The van der Waals surface area contributed by atoms with Crippen molar-refractivity contribution in [3.63, 3.8) is 0 Å². The van der Waals surface area contributed by atoms with Crippen molar-refractivity contribution in [1.82, 2.24) is 14.9 Å². The van der Waals surface area contributed by atoms with Crippen LogP contribution in [0.1, 0.15) is 24.5 Å². The van der Waals surface area contributed by atoms with Gasteiger partial charge in [0.15, 0.2) is 0 Å². The van der Waals surface area contributed by atoms with E-state index in [1.54, 1.807) is 6.33 Å². The number of imidazole rings is 1. The summed E-state index contributed by atoms with van der Waals surface area (Å²) in [6, 6.07) is 4.15. The van der Waals surface area contributed by atoms with E-state index in [0.29, 0.717) is 6.54 Å². The lowest BCUT2D eigenvalue weighted by molar-refractivity contribution is -0.121. The van der Waals surface area contributed by atoms with Gasteiger partial charge in [-0.3, -0.25) is 4.79 Å². The van der Waals surface area contributed by atoms with E-state index >= 15 is 0 Å². The fourth-order valence-electron chi connectivity index (χ4n) is 1.91. The van der Waals surface area contributed by atoms with Crippen LogP contribution in [0, 0.1) is 13.8 Å². The lowest BCUT2D eigenvalue weighted by Crippen LogP contribution is -2.27. The summed E-state index contributed by atoms with van der Waals surface area (Å²) in [4.78, 5) is 16.0. The highest BCUT2D eigenvalue weighted by atomic mass is 16.1. The van der Waals surface area contributed by atoms with Gasteiger partial charge in [0.1, 0.15) is 6.54 Å². The summed E-state index contributed by atoms with van der Waals surface area (Å²) in [5.74, 6) is 0.0365. The minimum Gasteiger partial charge on any atom is -0.355 e. The highest BCUT2D eigenvalue weighted by Crippen LogP contribution is 2.18. The summed E-state index contributed by atoms with van der Waals surface area (Å²) in [5.41, 5.74) is 4.41. The molecule has 1 heterocycles. The van der Waals surface area contributed by atoms with Crippen LogP contribution in [0.4, 0.5) is 0 Å². The predicted molar refractivity (Wildman–Crippen MR) is 72.5 cm³/mol. The van der Waals surface area contributed by atoms with Crippen molar-refractivity contribution in [3.8, 4) is 0 Å². The molecule has 0 saturated carbocycles. The van der Waals surface area contributed by atoms with Crippen molar-refractivity contribution in [2.75, 3.05) is 6.54 Å². The maximum absolute atomic E-state index is 11.7. The lowest BCUT2D eigenvalue weighted by atomic mass is 10.1. The molecular formula is C14H19N3O. The van der Waals surface area contributed by atoms with E-state index in [1.165, 1.54) is 11.1 Å². The fourth-order valence-corrected chi connectivity index (χ4v) is 1.91. The SMILES string of the molecule is CCCNC(=O)Cn1cnc2cc(C)c(C)cc21. The van der Waals surface area contributed by atoms with Crippen LogP contribution in [0.25, 0.3) is 11.0 Å². The molecular weight excluding hydrogens is 226 g/mol. The Morgan fingerprint density at radius 2 is 2.06 bits per heavy atom. The van der Waals surface area contributed by atoms with Crippen molar-refractivity contribution in [2.24, 2.45) is 0 Å². The third kappa shape index (κ3) is 2.53. The second-order valence-electron chi connectivity index (χ2n) is 4.65. The summed E-state index contributed by atoms with van der Waals surface area (Å²) in [5, 5.41) is 2.87. The van der Waals surface area contributed by atoms with E-state index in [9.17, 15) is 4.79 Å². The van der Waals surface area contributed by atoms with Crippen LogP contribution in [0.2, 0.25) is 0 Å². The van der Waals surface area contributed by atoms with Gasteiger partial charge in [-0.25, -0.2) is 4.98 Å². The Morgan fingerprint density at radius 3 is 2.78 bits per heavy atom. The van der Waals surface area contributed by atoms with Gasteiger partial charge < -0.3 is 9.88 Å². The van der Waals surface area contributed by atoms with E-state index in [2.05, 4.69) is 36.3 Å². The summed E-state index contributed by atoms with van der Waals surface area (Å²) in [6.45, 7) is 7.24. The molecule has 2 aromatic rings. The molecule has 1 N–H and O–H groups in total.